The quantitative estimate of drug-likeness (QED) is 0.794. The lowest BCUT2D eigenvalue weighted by Crippen LogP contribution is -2.08. The maximum atomic E-state index is 6.04. The first-order valence-corrected chi connectivity index (χ1v) is 6.00. The van der Waals surface area contributed by atoms with Gasteiger partial charge in [0.2, 0.25) is 5.95 Å². The van der Waals surface area contributed by atoms with Crippen molar-refractivity contribution in [1.29, 1.82) is 0 Å². The van der Waals surface area contributed by atoms with Crippen LogP contribution in [0.1, 0.15) is 37.3 Å². The predicted octanol–water partition coefficient (Wildman–Crippen LogP) is 3.04. The summed E-state index contributed by atoms with van der Waals surface area (Å²) in [7, 11) is 0. The van der Waals surface area contributed by atoms with Crippen LogP contribution >= 0.6 is 0 Å². The van der Waals surface area contributed by atoms with E-state index < -0.39 is 0 Å². The van der Waals surface area contributed by atoms with Crippen molar-refractivity contribution >= 4 is 17.0 Å². The number of aryl methyl sites for hydroxylation is 1. The van der Waals surface area contributed by atoms with E-state index in [1.807, 2.05) is 0 Å². The molecule has 2 aromatic rings. The molecule has 0 bridgehead atoms. The summed E-state index contributed by atoms with van der Waals surface area (Å²) >= 11 is 0. The predicted molar refractivity (Wildman–Crippen MR) is 66.4 cm³/mol. The summed E-state index contributed by atoms with van der Waals surface area (Å²) in [6.45, 7) is 2.11. The third kappa shape index (κ3) is 1.39. The summed E-state index contributed by atoms with van der Waals surface area (Å²) in [4.78, 5) is 4.44. The summed E-state index contributed by atoms with van der Waals surface area (Å²) in [5.41, 5.74) is 9.53. The number of nitrogens with two attached hydrogens (primary N) is 1. The number of hydrogen-bond donors (Lipinski definition) is 1. The van der Waals surface area contributed by atoms with Gasteiger partial charge >= 0.3 is 0 Å². The standard InChI is InChI=1S/C13H17N3/c1-9-6-7-11-12(8-9)16(13(14)15-11)10-4-2-3-5-10/h6-8,10H,2-5H2,1H3,(H2,14,15). The van der Waals surface area contributed by atoms with Crippen LogP contribution in [0.2, 0.25) is 0 Å². The van der Waals surface area contributed by atoms with Gasteiger partial charge in [-0.05, 0) is 37.5 Å². The van der Waals surface area contributed by atoms with E-state index in [9.17, 15) is 0 Å². The summed E-state index contributed by atoms with van der Waals surface area (Å²) in [6.07, 6.45) is 5.11. The van der Waals surface area contributed by atoms with Gasteiger partial charge < -0.3 is 10.3 Å². The first kappa shape index (κ1) is 9.70. The van der Waals surface area contributed by atoms with Crippen molar-refractivity contribution in [1.82, 2.24) is 9.55 Å². The Balaban J connectivity index is 2.20. The van der Waals surface area contributed by atoms with Crippen molar-refractivity contribution < 1.29 is 0 Å². The van der Waals surface area contributed by atoms with E-state index in [1.165, 1.54) is 36.8 Å². The maximum Gasteiger partial charge on any atom is 0.201 e. The lowest BCUT2D eigenvalue weighted by molar-refractivity contribution is 0.539. The first-order valence-electron chi connectivity index (χ1n) is 6.00. The van der Waals surface area contributed by atoms with Crippen LogP contribution in [0.3, 0.4) is 0 Å². The van der Waals surface area contributed by atoms with Crippen LogP contribution in [-0.2, 0) is 0 Å². The molecule has 84 valence electrons. The van der Waals surface area contributed by atoms with E-state index in [0.717, 1.165) is 5.52 Å². The van der Waals surface area contributed by atoms with Crippen molar-refractivity contribution in [2.24, 2.45) is 0 Å². The molecular weight excluding hydrogens is 198 g/mol. The molecule has 1 aliphatic carbocycles. The average molecular weight is 215 g/mol. The van der Waals surface area contributed by atoms with Crippen molar-refractivity contribution in [3.8, 4) is 0 Å². The number of hydrogen-bond acceptors (Lipinski definition) is 2. The molecule has 1 saturated carbocycles. The Hall–Kier alpha value is -1.51. The first-order chi connectivity index (χ1) is 7.75. The van der Waals surface area contributed by atoms with E-state index in [-0.39, 0.29) is 0 Å². The van der Waals surface area contributed by atoms with E-state index in [0.29, 0.717) is 12.0 Å². The molecule has 3 nitrogen and oxygen atoms in total. The molecule has 0 saturated heterocycles. The van der Waals surface area contributed by atoms with Gasteiger partial charge in [-0.2, -0.15) is 0 Å². The number of benzene rings is 1. The van der Waals surface area contributed by atoms with Crippen LogP contribution in [0, 0.1) is 6.92 Å². The van der Waals surface area contributed by atoms with Crippen LogP contribution in [-0.4, -0.2) is 9.55 Å². The molecular formula is C13H17N3. The van der Waals surface area contributed by atoms with Gasteiger partial charge in [-0.25, -0.2) is 4.98 Å². The normalized spacial score (nSPS) is 17.3. The lowest BCUT2D eigenvalue weighted by atomic mass is 10.2. The second kappa shape index (κ2) is 3.51. The highest BCUT2D eigenvalue weighted by Crippen LogP contribution is 2.34. The largest absolute Gasteiger partial charge is 0.369 e. The fraction of sp³-hybridized carbons (Fsp3) is 0.462. The van der Waals surface area contributed by atoms with Gasteiger partial charge in [-0.15, -0.1) is 0 Å². The number of fused-ring (bicyclic) bond motifs is 1. The highest BCUT2D eigenvalue weighted by atomic mass is 15.2. The van der Waals surface area contributed by atoms with Gasteiger partial charge in [0.05, 0.1) is 11.0 Å². The van der Waals surface area contributed by atoms with Gasteiger partial charge in [-0.3, -0.25) is 0 Å². The smallest absolute Gasteiger partial charge is 0.201 e. The van der Waals surface area contributed by atoms with Gasteiger partial charge in [0.1, 0.15) is 0 Å². The van der Waals surface area contributed by atoms with Crippen LogP contribution in [0.5, 0.6) is 0 Å². The minimum absolute atomic E-state index is 0.562. The van der Waals surface area contributed by atoms with Crippen molar-refractivity contribution in [3.05, 3.63) is 23.8 Å². The van der Waals surface area contributed by atoms with Crippen LogP contribution in [0.15, 0.2) is 18.2 Å². The van der Waals surface area contributed by atoms with Crippen LogP contribution in [0.4, 0.5) is 5.95 Å². The van der Waals surface area contributed by atoms with Gasteiger partial charge in [0.15, 0.2) is 0 Å². The molecule has 16 heavy (non-hydrogen) atoms. The highest BCUT2D eigenvalue weighted by Gasteiger charge is 2.21. The number of nitrogen functional groups attached to an aromatic ring is 1. The van der Waals surface area contributed by atoms with Crippen LogP contribution < -0.4 is 5.73 Å². The highest BCUT2D eigenvalue weighted by molar-refractivity contribution is 5.79. The SMILES string of the molecule is Cc1ccc2nc(N)n(C3CCCC3)c2c1. The Kier molecular flexibility index (Phi) is 2.13. The lowest BCUT2D eigenvalue weighted by Gasteiger charge is -2.14. The molecule has 0 atom stereocenters. The molecule has 3 heteroatoms. The van der Waals surface area contributed by atoms with Crippen molar-refractivity contribution in [2.75, 3.05) is 5.73 Å². The minimum Gasteiger partial charge on any atom is -0.369 e. The third-order valence-corrected chi connectivity index (χ3v) is 3.56. The Morgan fingerprint density at radius 3 is 2.81 bits per heavy atom. The average Bonchev–Trinajstić information content (AvgIpc) is 2.83. The topological polar surface area (TPSA) is 43.8 Å². The van der Waals surface area contributed by atoms with Gasteiger partial charge in [-0.1, -0.05) is 18.9 Å². The zero-order valence-corrected chi connectivity index (χ0v) is 9.61. The second-order valence-electron chi connectivity index (χ2n) is 4.77. The molecule has 1 aliphatic rings. The molecule has 1 aromatic carbocycles. The molecule has 2 N–H and O–H groups in total. The molecule has 0 radical (unpaired) electrons. The number of nitrogens with zero attached hydrogens (tertiary/aromatic N) is 2. The summed E-state index contributed by atoms with van der Waals surface area (Å²) < 4.78 is 2.23. The fourth-order valence-electron chi connectivity index (χ4n) is 2.77. The Labute approximate surface area is 95.3 Å². The zero-order valence-electron chi connectivity index (χ0n) is 9.61. The molecule has 1 heterocycles. The summed E-state index contributed by atoms with van der Waals surface area (Å²) in [6, 6.07) is 6.91. The zero-order chi connectivity index (χ0) is 11.1. The number of rotatable bonds is 1. The maximum absolute atomic E-state index is 6.04. The minimum atomic E-state index is 0.562. The molecule has 1 aromatic heterocycles. The number of imidazole rings is 1. The Bertz CT molecular complexity index is 521. The Morgan fingerprint density at radius 2 is 2.06 bits per heavy atom. The van der Waals surface area contributed by atoms with E-state index in [1.54, 1.807) is 0 Å². The molecule has 0 amide bonds. The molecule has 0 spiro atoms. The van der Waals surface area contributed by atoms with E-state index >= 15 is 0 Å². The molecule has 0 unspecified atom stereocenters. The number of anilines is 1. The molecule has 3 rings (SSSR count). The number of aromatic nitrogens is 2. The van der Waals surface area contributed by atoms with Gasteiger partial charge in [0, 0.05) is 6.04 Å². The molecule has 1 fully saturated rings. The second-order valence-corrected chi connectivity index (χ2v) is 4.77. The van der Waals surface area contributed by atoms with E-state index in [2.05, 4.69) is 34.7 Å². The third-order valence-electron chi connectivity index (χ3n) is 3.56. The molecule has 0 aliphatic heterocycles. The fourth-order valence-corrected chi connectivity index (χ4v) is 2.77. The Morgan fingerprint density at radius 1 is 1.31 bits per heavy atom. The monoisotopic (exact) mass is 215 g/mol. The van der Waals surface area contributed by atoms with Crippen LogP contribution in [0.25, 0.3) is 11.0 Å². The van der Waals surface area contributed by atoms with E-state index in [4.69, 9.17) is 5.73 Å². The van der Waals surface area contributed by atoms with Gasteiger partial charge in [0.25, 0.3) is 0 Å². The van der Waals surface area contributed by atoms with Crippen molar-refractivity contribution in [3.63, 3.8) is 0 Å². The van der Waals surface area contributed by atoms with Crippen molar-refractivity contribution in [2.45, 2.75) is 38.6 Å². The summed E-state index contributed by atoms with van der Waals surface area (Å²) in [5, 5.41) is 0. The summed E-state index contributed by atoms with van der Waals surface area (Å²) in [5.74, 6) is 0.674.